The Labute approximate surface area is 225 Å². The normalized spacial score (nSPS) is 13.3. The quantitative estimate of drug-likeness (QED) is 0.177. The summed E-state index contributed by atoms with van der Waals surface area (Å²) in [5.74, 6) is -0.882. The van der Waals surface area contributed by atoms with Crippen molar-refractivity contribution in [3.63, 3.8) is 0 Å². The van der Waals surface area contributed by atoms with Gasteiger partial charge in [-0.1, -0.05) is 30.3 Å². The van der Waals surface area contributed by atoms with Gasteiger partial charge in [0.1, 0.15) is 11.5 Å². The van der Waals surface area contributed by atoms with E-state index in [9.17, 15) is 49.0 Å². The molecule has 0 saturated carbocycles. The highest BCUT2D eigenvalue weighted by Gasteiger charge is 2.44. The molecule has 0 spiro atoms. The number of aliphatic hydroxyl groups excluding tert-OH is 1. The topological polar surface area (TPSA) is 41.9 Å². The number of benzene rings is 3. The lowest BCUT2D eigenvalue weighted by Gasteiger charge is -2.30. The van der Waals surface area contributed by atoms with Gasteiger partial charge in [0, 0.05) is 11.4 Å². The number of ether oxygens (including phenoxy) is 2. The lowest BCUT2D eigenvalue weighted by atomic mass is 10.1. The van der Waals surface area contributed by atoms with Crippen molar-refractivity contribution >= 4 is 17.4 Å². The molecule has 0 amide bonds. The summed E-state index contributed by atoms with van der Waals surface area (Å²) in [6.45, 7) is -1.55. The Morgan fingerprint density at radius 2 is 1.45 bits per heavy atom. The maximum Gasteiger partial charge on any atom is 0.461 e. The number of hydrogen-bond acceptors (Lipinski definition) is 5. The molecule has 40 heavy (non-hydrogen) atoms. The largest absolute Gasteiger partial charge is 0.461 e. The summed E-state index contributed by atoms with van der Waals surface area (Å²) in [5.41, 5.74) is -4.60. The van der Waals surface area contributed by atoms with Gasteiger partial charge in [0.2, 0.25) is 0 Å². The Morgan fingerprint density at radius 1 is 0.800 bits per heavy atom. The summed E-state index contributed by atoms with van der Waals surface area (Å²) in [4.78, 5) is 0.760. The van der Waals surface area contributed by atoms with Crippen LogP contribution in [0.3, 0.4) is 0 Å². The highest BCUT2D eigenvalue weighted by atomic mass is 32.2. The second kappa shape index (κ2) is 12.5. The molecule has 0 aliphatic heterocycles. The van der Waals surface area contributed by atoms with Crippen molar-refractivity contribution in [2.75, 3.05) is 11.4 Å². The molecule has 0 radical (unpaired) electrons. The number of aliphatic hydroxyl groups is 1. The Kier molecular flexibility index (Phi) is 9.72. The molecule has 1 unspecified atom stereocenters. The maximum absolute atomic E-state index is 13.4. The SMILES string of the molecule is OC(CN(Cc1cccc(OC(F)(F)C(F)F)c1)c1ccccc1Oc1cccc(SC(F)(F)F)c1)C(F)(F)F. The highest BCUT2D eigenvalue weighted by molar-refractivity contribution is 8.00. The summed E-state index contributed by atoms with van der Waals surface area (Å²) in [6, 6.07) is 14.6. The van der Waals surface area contributed by atoms with Crippen LogP contribution in [0, 0.1) is 0 Å². The van der Waals surface area contributed by atoms with Crippen LogP contribution in [0.4, 0.5) is 49.6 Å². The maximum atomic E-state index is 13.4. The van der Waals surface area contributed by atoms with Gasteiger partial charge >= 0.3 is 24.2 Å². The average molecular weight is 603 g/mol. The fourth-order valence-corrected chi connectivity index (χ4v) is 3.95. The Bertz CT molecular complexity index is 1270. The lowest BCUT2D eigenvalue weighted by Crippen LogP contribution is -2.41. The van der Waals surface area contributed by atoms with E-state index < -0.39 is 60.9 Å². The molecular formula is C25H19F10NO3S. The predicted molar refractivity (Wildman–Crippen MR) is 126 cm³/mol. The average Bonchev–Trinajstić information content (AvgIpc) is 2.82. The van der Waals surface area contributed by atoms with Crippen LogP contribution in [0.5, 0.6) is 17.2 Å². The second-order valence-electron chi connectivity index (χ2n) is 8.14. The zero-order valence-corrected chi connectivity index (χ0v) is 20.7. The van der Waals surface area contributed by atoms with Gasteiger partial charge in [0.25, 0.3) is 0 Å². The number of halogens is 10. The van der Waals surface area contributed by atoms with Gasteiger partial charge in [0.05, 0.1) is 12.2 Å². The monoisotopic (exact) mass is 603 g/mol. The van der Waals surface area contributed by atoms with Gasteiger partial charge < -0.3 is 19.5 Å². The number of hydrogen-bond donors (Lipinski definition) is 1. The Balaban J connectivity index is 1.95. The molecule has 0 fully saturated rings. The van der Waals surface area contributed by atoms with Crippen LogP contribution in [0.1, 0.15) is 5.56 Å². The molecule has 218 valence electrons. The van der Waals surface area contributed by atoms with Crippen molar-refractivity contribution in [1.82, 2.24) is 0 Å². The molecular weight excluding hydrogens is 584 g/mol. The summed E-state index contributed by atoms with van der Waals surface area (Å²) >= 11 is -0.405. The minimum Gasteiger partial charge on any atom is -0.455 e. The zero-order chi connectivity index (χ0) is 29.7. The van der Waals surface area contributed by atoms with Gasteiger partial charge in [-0.2, -0.15) is 43.9 Å². The molecule has 3 aromatic rings. The Morgan fingerprint density at radius 3 is 2.10 bits per heavy atom. The first-order chi connectivity index (χ1) is 18.5. The standard InChI is InChI=1S/C25H19F10NO3S/c26-22(27)24(31,32)39-17-7-3-5-15(11-17)13-36(14-21(37)23(28,29)30)19-9-1-2-10-20(19)38-16-6-4-8-18(12-16)40-25(33,34)35/h1-12,21-22,37H,13-14H2. The molecule has 1 atom stereocenters. The third-order valence-electron chi connectivity index (χ3n) is 5.02. The first kappa shape index (κ1) is 31.2. The molecule has 3 rings (SSSR count). The van der Waals surface area contributed by atoms with E-state index in [-0.39, 0.29) is 27.6 Å². The van der Waals surface area contributed by atoms with Crippen LogP contribution in [0.15, 0.2) is 77.7 Å². The van der Waals surface area contributed by atoms with E-state index in [1.54, 1.807) is 0 Å². The molecule has 1 N–H and O–H groups in total. The third kappa shape index (κ3) is 9.11. The molecule has 4 nitrogen and oxygen atoms in total. The molecule has 3 aromatic carbocycles. The third-order valence-corrected chi connectivity index (χ3v) is 5.74. The molecule has 0 bridgehead atoms. The first-order valence-electron chi connectivity index (χ1n) is 11.1. The van der Waals surface area contributed by atoms with Gasteiger partial charge in [-0.05, 0) is 59.8 Å². The van der Waals surface area contributed by atoms with Crippen LogP contribution in [-0.4, -0.2) is 42.0 Å². The van der Waals surface area contributed by atoms with Gasteiger partial charge in [0.15, 0.2) is 11.9 Å². The number of thioether (sulfide) groups is 1. The van der Waals surface area contributed by atoms with Gasteiger partial charge in [-0.15, -0.1) is 0 Å². The molecule has 0 aromatic heterocycles. The number of alkyl halides is 10. The van der Waals surface area contributed by atoms with E-state index in [4.69, 9.17) is 4.74 Å². The Hall–Kier alpha value is -3.33. The summed E-state index contributed by atoms with van der Waals surface area (Å²) in [6.07, 6.45) is -16.9. The van der Waals surface area contributed by atoms with Crippen molar-refractivity contribution < 1.29 is 58.5 Å². The van der Waals surface area contributed by atoms with Crippen LogP contribution in [0.2, 0.25) is 0 Å². The van der Waals surface area contributed by atoms with Crippen molar-refractivity contribution in [3.05, 3.63) is 78.4 Å². The van der Waals surface area contributed by atoms with Crippen molar-refractivity contribution in [3.8, 4) is 17.2 Å². The predicted octanol–water partition coefficient (Wildman–Crippen LogP) is 8.26. The first-order valence-corrected chi connectivity index (χ1v) is 11.9. The molecule has 0 heterocycles. The van der Waals surface area contributed by atoms with Crippen LogP contribution < -0.4 is 14.4 Å². The molecule has 15 heteroatoms. The number of para-hydroxylation sites is 2. The smallest absolute Gasteiger partial charge is 0.455 e. The van der Waals surface area contributed by atoms with E-state index in [1.165, 1.54) is 48.5 Å². The van der Waals surface area contributed by atoms with E-state index in [0.29, 0.717) is 0 Å². The molecule has 0 aliphatic carbocycles. The van der Waals surface area contributed by atoms with Gasteiger partial charge in [-0.3, -0.25) is 0 Å². The number of rotatable bonds is 11. The minimum atomic E-state index is -5.05. The summed E-state index contributed by atoms with van der Waals surface area (Å²) in [5, 5.41) is 9.77. The van der Waals surface area contributed by atoms with Crippen molar-refractivity contribution in [2.45, 2.75) is 41.8 Å². The fourth-order valence-electron chi connectivity index (χ4n) is 3.36. The number of anilines is 1. The molecule has 0 saturated heterocycles. The fraction of sp³-hybridized carbons (Fsp3) is 0.280. The highest BCUT2D eigenvalue weighted by Crippen LogP contribution is 2.40. The molecule has 0 aliphatic rings. The number of nitrogens with zero attached hydrogens (tertiary/aromatic N) is 1. The van der Waals surface area contributed by atoms with Crippen LogP contribution >= 0.6 is 11.8 Å². The van der Waals surface area contributed by atoms with E-state index in [2.05, 4.69) is 4.74 Å². The minimum absolute atomic E-state index is 0.0373. The van der Waals surface area contributed by atoms with E-state index in [0.717, 1.165) is 29.2 Å². The summed E-state index contributed by atoms with van der Waals surface area (Å²) < 4.78 is 139. The van der Waals surface area contributed by atoms with Crippen LogP contribution in [0.25, 0.3) is 0 Å². The van der Waals surface area contributed by atoms with E-state index >= 15 is 0 Å². The lowest BCUT2D eigenvalue weighted by molar-refractivity contribution is -0.253. The van der Waals surface area contributed by atoms with Crippen LogP contribution in [-0.2, 0) is 6.54 Å². The van der Waals surface area contributed by atoms with Gasteiger partial charge in [-0.25, -0.2) is 0 Å². The second-order valence-corrected chi connectivity index (χ2v) is 9.28. The zero-order valence-electron chi connectivity index (χ0n) is 19.9. The van der Waals surface area contributed by atoms with Crippen molar-refractivity contribution in [2.24, 2.45) is 0 Å². The summed E-state index contributed by atoms with van der Waals surface area (Å²) in [7, 11) is 0. The van der Waals surface area contributed by atoms with E-state index in [1.807, 2.05) is 0 Å². The van der Waals surface area contributed by atoms with Crippen molar-refractivity contribution in [1.29, 1.82) is 0 Å².